The Morgan fingerprint density at radius 3 is 2.28 bits per heavy atom. The van der Waals surface area contributed by atoms with Gasteiger partial charge in [-0.05, 0) is 106 Å². The molecule has 3 aliphatic rings. The van der Waals surface area contributed by atoms with E-state index in [2.05, 4.69) is 12.7 Å². The Morgan fingerprint density at radius 1 is 0.966 bits per heavy atom. The first-order chi connectivity index (χ1) is 14.0. The van der Waals surface area contributed by atoms with Crippen LogP contribution >= 0.6 is 11.6 Å². The average Bonchev–Trinajstić information content (AvgIpc) is 2.75. The number of rotatable bonds is 4. The van der Waals surface area contributed by atoms with Gasteiger partial charge < -0.3 is 4.74 Å². The van der Waals surface area contributed by atoms with Crippen molar-refractivity contribution < 1.29 is 13.9 Å². The Kier molecular flexibility index (Phi) is 6.63. The molecule has 2 nitrogen and oxygen atoms in total. The molecular weight excluding hydrogens is 387 g/mol. The quantitative estimate of drug-likeness (QED) is 0.293. The van der Waals surface area contributed by atoms with E-state index in [4.69, 9.17) is 16.3 Å². The van der Waals surface area contributed by atoms with Crippen molar-refractivity contribution in [3.05, 3.63) is 41.7 Å². The molecule has 3 fully saturated rings. The summed E-state index contributed by atoms with van der Waals surface area (Å²) in [5, 5.41) is 0.0398. The van der Waals surface area contributed by atoms with Gasteiger partial charge in [-0.15, -0.1) is 6.58 Å². The van der Waals surface area contributed by atoms with Gasteiger partial charge in [0.05, 0.1) is 10.9 Å². The number of benzene rings is 1. The Labute approximate surface area is 178 Å². The van der Waals surface area contributed by atoms with E-state index in [9.17, 15) is 9.18 Å². The van der Waals surface area contributed by atoms with Gasteiger partial charge >= 0.3 is 5.97 Å². The normalized spacial score (nSPS) is 34.8. The van der Waals surface area contributed by atoms with Crippen LogP contribution in [0.4, 0.5) is 4.39 Å². The Hall–Kier alpha value is -1.35. The maximum Gasteiger partial charge on any atom is 0.314 e. The van der Waals surface area contributed by atoms with Crippen molar-refractivity contribution in [1.82, 2.24) is 0 Å². The fourth-order valence-electron chi connectivity index (χ4n) is 6.17. The molecule has 3 aliphatic carbocycles. The van der Waals surface area contributed by atoms with Gasteiger partial charge in [0.1, 0.15) is 11.6 Å². The summed E-state index contributed by atoms with van der Waals surface area (Å²) in [6, 6.07) is 4.16. The number of carbonyl (C=O) groups excluding carboxylic acids is 1. The zero-order chi connectivity index (χ0) is 20.4. The number of allylic oxidation sites excluding steroid dienone is 1. The van der Waals surface area contributed by atoms with Crippen LogP contribution < -0.4 is 4.74 Å². The van der Waals surface area contributed by atoms with Crippen molar-refractivity contribution in [3.8, 4) is 5.75 Å². The average molecular weight is 419 g/mol. The molecule has 4 heteroatoms. The standard InChI is InChI=1S/C25H32ClFO2/c1-2-16-3-4-21-14-20(10-9-19(21)13-16)17-5-7-18(8-6-17)25(28)29-22-11-12-23(26)24(27)15-22/h2,11-12,15-21H,1,3-10,13-14H2. The van der Waals surface area contributed by atoms with E-state index in [1.165, 1.54) is 50.7 Å². The van der Waals surface area contributed by atoms with Crippen LogP contribution in [0.25, 0.3) is 0 Å². The summed E-state index contributed by atoms with van der Waals surface area (Å²) < 4.78 is 19.0. The van der Waals surface area contributed by atoms with Gasteiger partial charge in [0.25, 0.3) is 0 Å². The molecule has 1 aromatic rings. The topological polar surface area (TPSA) is 26.3 Å². The second kappa shape index (κ2) is 9.20. The highest BCUT2D eigenvalue weighted by molar-refractivity contribution is 6.30. The van der Waals surface area contributed by atoms with Crippen LogP contribution in [0.3, 0.4) is 0 Å². The Morgan fingerprint density at radius 2 is 1.59 bits per heavy atom. The Balaban J connectivity index is 1.25. The van der Waals surface area contributed by atoms with Gasteiger partial charge in [0.2, 0.25) is 0 Å². The lowest BCUT2D eigenvalue weighted by Crippen LogP contribution is -2.35. The molecule has 4 atom stereocenters. The summed E-state index contributed by atoms with van der Waals surface area (Å²) in [4.78, 5) is 12.5. The van der Waals surface area contributed by atoms with E-state index in [-0.39, 0.29) is 22.7 Å². The van der Waals surface area contributed by atoms with Crippen LogP contribution in [-0.2, 0) is 4.79 Å². The third-order valence-corrected chi connectivity index (χ3v) is 8.22. The minimum atomic E-state index is -0.557. The van der Waals surface area contributed by atoms with Crippen LogP contribution in [0.1, 0.15) is 64.2 Å². The van der Waals surface area contributed by atoms with Gasteiger partial charge in [0.15, 0.2) is 0 Å². The van der Waals surface area contributed by atoms with Crippen molar-refractivity contribution in [2.45, 2.75) is 64.2 Å². The molecule has 0 bridgehead atoms. The minimum absolute atomic E-state index is 0.0398. The van der Waals surface area contributed by atoms with Crippen LogP contribution in [0.15, 0.2) is 30.9 Å². The Bertz CT molecular complexity index is 740. The third-order valence-electron chi connectivity index (χ3n) is 7.91. The molecule has 4 rings (SSSR count). The first-order valence-corrected chi connectivity index (χ1v) is 11.7. The van der Waals surface area contributed by atoms with E-state index >= 15 is 0 Å². The maximum atomic E-state index is 13.6. The summed E-state index contributed by atoms with van der Waals surface area (Å²) in [5.41, 5.74) is 0. The van der Waals surface area contributed by atoms with Gasteiger partial charge in [-0.3, -0.25) is 4.79 Å². The van der Waals surface area contributed by atoms with E-state index in [0.29, 0.717) is 0 Å². The number of hydrogen-bond acceptors (Lipinski definition) is 2. The number of halogens is 2. The predicted molar refractivity (Wildman–Crippen MR) is 114 cm³/mol. The van der Waals surface area contributed by atoms with Crippen molar-refractivity contribution >= 4 is 17.6 Å². The summed E-state index contributed by atoms with van der Waals surface area (Å²) in [6.07, 6.45) is 14.4. The molecule has 29 heavy (non-hydrogen) atoms. The minimum Gasteiger partial charge on any atom is -0.426 e. The maximum absolute atomic E-state index is 13.6. The number of carbonyl (C=O) groups is 1. The highest BCUT2D eigenvalue weighted by Crippen LogP contribution is 2.49. The van der Waals surface area contributed by atoms with Crippen molar-refractivity contribution in [2.75, 3.05) is 0 Å². The molecule has 0 N–H and O–H groups in total. The summed E-state index contributed by atoms with van der Waals surface area (Å²) in [5.74, 6) is 3.54. The first-order valence-electron chi connectivity index (χ1n) is 11.3. The lowest BCUT2D eigenvalue weighted by atomic mass is 9.61. The van der Waals surface area contributed by atoms with E-state index in [1.54, 1.807) is 6.07 Å². The highest BCUT2D eigenvalue weighted by atomic mass is 35.5. The lowest BCUT2D eigenvalue weighted by molar-refractivity contribution is -0.140. The summed E-state index contributed by atoms with van der Waals surface area (Å²) in [6.45, 7) is 4.00. The third kappa shape index (κ3) is 4.87. The van der Waals surface area contributed by atoms with Crippen LogP contribution in [0.2, 0.25) is 5.02 Å². The van der Waals surface area contributed by atoms with E-state index in [0.717, 1.165) is 55.3 Å². The molecule has 0 saturated heterocycles. The largest absolute Gasteiger partial charge is 0.426 e. The zero-order valence-corrected chi connectivity index (χ0v) is 17.9. The van der Waals surface area contributed by atoms with Crippen LogP contribution in [0, 0.1) is 41.3 Å². The SMILES string of the molecule is C=CC1CCC2CC(C3CCC(C(=O)Oc4ccc(Cl)c(F)c4)CC3)CCC2C1. The second-order valence-electron chi connectivity index (χ2n) is 9.51. The number of esters is 1. The molecule has 3 saturated carbocycles. The molecule has 4 unspecified atom stereocenters. The van der Waals surface area contributed by atoms with Crippen LogP contribution in [-0.4, -0.2) is 5.97 Å². The predicted octanol–water partition coefficient (Wildman–Crippen LogP) is 7.21. The fraction of sp³-hybridized carbons (Fsp3) is 0.640. The number of fused-ring (bicyclic) bond motifs is 1. The van der Waals surface area contributed by atoms with Crippen molar-refractivity contribution in [2.24, 2.45) is 35.5 Å². The second-order valence-corrected chi connectivity index (χ2v) is 9.92. The number of ether oxygens (including phenoxy) is 1. The molecule has 0 heterocycles. The molecule has 1 aromatic carbocycles. The van der Waals surface area contributed by atoms with Gasteiger partial charge in [-0.25, -0.2) is 4.39 Å². The zero-order valence-electron chi connectivity index (χ0n) is 17.1. The highest BCUT2D eigenvalue weighted by Gasteiger charge is 2.39. The molecule has 0 amide bonds. The molecule has 0 radical (unpaired) electrons. The molecule has 0 spiro atoms. The summed E-state index contributed by atoms with van der Waals surface area (Å²) >= 11 is 5.69. The van der Waals surface area contributed by atoms with Gasteiger partial charge in [-0.2, -0.15) is 0 Å². The van der Waals surface area contributed by atoms with Crippen molar-refractivity contribution in [3.63, 3.8) is 0 Å². The molecule has 0 aliphatic heterocycles. The van der Waals surface area contributed by atoms with E-state index < -0.39 is 5.82 Å². The van der Waals surface area contributed by atoms with Crippen molar-refractivity contribution in [1.29, 1.82) is 0 Å². The first kappa shape index (κ1) is 20.9. The van der Waals surface area contributed by atoms with Gasteiger partial charge in [0, 0.05) is 6.07 Å². The molecular formula is C25H32ClFO2. The summed E-state index contributed by atoms with van der Waals surface area (Å²) in [7, 11) is 0. The van der Waals surface area contributed by atoms with Crippen LogP contribution in [0.5, 0.6) is 5.75 Å². The fourth-order valence-corrected chi connectivity index (χ4v) is 6.29. The van der Waals surface area contributed by atoms with Gasteiger partial charge in [-0.1, -0.05) is 17.7 Å². The number of hydrogen-bond donors (Lipinski definition) is 0. The lowest BCUT2D eigenvalue weighted by Gasteiger charge is -2.45. The van der Waals surface area contributed by atoms with E-state index in [1.807, 2.05) is 0 Å². The monoisotopic (exact) mass is 418 g/mol. The smallest absolute Gasteiger partial charge is 0.314 e. The molecule has 0 aromatic heterocycles. The molecule has 158 valence electrons.